The quantitative estimate of drug-likeness (QED) is 0.402. The van der Waals surface area contributed by atoms with Crippen LogP contribution in [0.4, 0.5) is 0 Å². The minimum Gasteiger partial charge on any atom is -0.462 e. The van der Waals surface area contributed by atoms with Gasteiger partial charge in [0.25, 0.3) is 0 Å². The van der Waals surface area contributed by atoms with Crippen LogP contribution in [0.3, 0.4) is 0 Å². The Kier molecular flexibility index (Phi) is 5.81. The first kappa shape index (κ1) is 20.4. The molecule has 31 heavy (non-hydrogen) atoms. The van der Waals surface area contributed by atoms with Crippen LogP contribution in [0.5, 0.6) is 0 Å². The maximum atomic E-state index is 12.5. The standard InChI is InChI=1S/C26H23N3O2/c1-3-24-28-23-11-7-10-22(26(30)31-4-2)25(23)29(24)17-18-12-14-19(15-13-18)21-9-6-5-8-20(21)16-27/h5-15H,3-4,17H2,1-2H3. The summed E-state index contributed by atoms with van der Waals surface area (Å²) in [5, 5.41) is 9.37. The molecule has 0 saturated heterocycles. The third kappa shape index (κ3) is 3.93. The number of carbonyl (C=O) groups excluding carboxylic acids is 1. The molecule has 0 atom stereocenters. The number of nitriles is 1. The van der Waals surface area contributed by atoms with Gasteiger partial charge in [0, 0.05) is 13.0 Å². The van der Waals surface area contributed by atoms with Crippen LogP contribution in [-0.2, 0) is 17.7 Å². The highest BCUT2D eigenvalue weighted by molar-refractivity contribution is 6.02. The normalized spacial score (nSPS) is 10.7. The smallest absolute Gasteiger partial charge is 0.340 e. The number of fused-ring (bicyclic) bond motifs is 1. The van der Waals surface area contributed by atoms with E-state index in [4.69, 9.17) is 9.72 Å². The highest BCUT2D eigenvalue weighted by Gasteiger charge is 2.18. The molecule has 0 fully saturated rings. The van der Waals surface area contributed by atoms with Gasteiger partial charge in [-0.1, -0.05) is 55.5 Å². The molecule has 3 aromatic carbocycles. The van der Waals surface area contributed by atoms with Gasteiger partial charge >= 0.3 is 5.97 Å². The Morgan fingerprint density at radius 3 is 2.52 bits per heavy atom. The minimum atomic E-state index is -0.333. The van der Waals surface area contributed by atoms with Gasteiger partial charge in [-0.2, -0.15) is 5.26 Å². The summed E-state index contributed by atoms with van der Waals surface area (Å²) in [4.78, 5) is 17.3. The number of rotatable bonds is 6. The highest BCUT2D eigenvalue weighted by atomic mass is 16.5. The second-order valence-electron chi connectivity index (χ2n) is 7.22. The summed E-state index contributed by atoms with van der Waals surface area (Å²) in [7, 11) is 0. The number of hydrogen-bond acceptors (Lipinski definition) is 4. The summed E-state index contributed by atoms with van der Waals surface area (Å²) < 4.78 is 7.36. The van der Waals surface area contributed by atoms with Crippen molar-refractivity contribution in [3.63, 3.8) is 0 Å². The Morgan fingerprint density at radius 2 is 1.81 bits per heavy atom. The number of aromatic nitrogens is 2. The van der Waals surface area contributed by atoms with Crippen LogP contribution in [0, 0.1) is 11.3 Å². The van der Waals surface area contributed by atoms with Crippen LogP contribution in [0.25, 0.3) is 22.2 Å². The number of carbonyl (C=O) groups is 1. The summed E-state index contributed by atoms with van der Waals surface area (Å²) >= 11 is 0. The zero-order chi connectivity index (χ0) is 21.8. The molecular weight excluding hydrogens is 386 g/mol. The lowest BCUT2D eigenvalue weighted by molar-refractivity contribution is 0.0528. The van der Waals surface area contributed by atoms with Crippen molar-refractivity contribution in [1.82, 2.24) is 9.55 Å². The maximum absolute atomic E-state index is 12.5. The lowest BCUT2D eigenvalue weighted by Gasteiger charge is -2.12. The molecule has 5 nitrogen and oxygen atoms in total. The molecule has 1 aromatic heterocycles. The Bertz CT molecular complexity index is 1280. The average molecular weight is 409 g/mol. The molecule has 4 aromatic rings. The molecule has 0 aliphatic heterocycles. The molecule has 0 radical (unpaired) electrons. The number of hydrogen-bond donors (Lipinski definition) is 0. The molecule has 1 heterocycles. The van der Waals surface area contributed by atoms with E-state index in [-0.39, 0.29) is 5.97 Å². The van der Waals surface area contributed by atoms with E-state index < -0.39 is 0 Å². The van der Waals surface area contributed by atoms with Crippen LogP contribution >= 0.6 is 0 Å². The molecular formula is C26H23N3O2. The summed E-state index contributed by atoms with van der Waals surface area (Å²) in [6.45, 7) is 4.79. The topological polar surface area (TPSA) is 67.9 Å². The van der Waals surface area contributed by atoms with Crippen molar-refractivity contribution in [2.75, 3.05) is 6.61 Å². The van der Waals surface area contributed by atoms with E-state index >= 15 is 0 Å². The molecule has 0 aliphatic carbocycles. The van der Waals surface area contributed by atoms with Gasteiger partial charge in [0.15, 0.2) is 0 Å². The molecule has 0 saturated carbocycles. The average Bonchev–Trinajstić information content (AvgIpc) is 3.17. The Balaban J connectivity index is 1.73. The lowest BCUT2D eigenvalue weighted by Crippen LogP contribution is -2.10. The predicted octanol–water partition coefficient (Wildman–Crippen LogP) is 5.36. The SMILES string of the molecule is CCOC(=O)c1cccc2nc(CC)n(Cc3ccc(-c4ccccc4C#N)cc3)c12. The van der Waals surface area contributed by atoms with Crippen molar-refractivity contribution >= 4 is 17.0 Å². The fourth-order valence-electron chi connectivity index (χ4n) is 3.85. The monoisotopic (exact) mass is 409 g/mol. The third-order valence-corrected chi connectivity index (χ3v) is 5.31. The third-order valence-electron chi connectivity index (χ3n) is 5.31. The van der Waals surface area contributed by atoms with Crippen molar-refractivity contribution < 1.29 is 9.53 Å². The second kappa shape index (κ2) is 8.85. The van der Waals surface area contributed by atoms with Crippen molar-refractivity contribution in [1.29, 1.82) is 5.26 Å². The van der Waals surface area contributed by atoms with Crippen molar-refractivity contribution in [3.8, 4) is 17.2 Å². The molecule has 0 amide bonds. The summed E-state index contributed by atoms with van der Waals surface area (Å²) in [6.07, 6.45) is 0.755. The zero-order valence-corrected chi connectivity index (χ0v) is 17.6. The number of nitrogens with zero attached hydrogens (tertiary/aromatic N) is 3. The number of ether oxygens (including phenoxy) is 1. The minimum absolute atomic E-state index is 0.329. The van der Waals surface area contributed by atoms with Crippen molar-refractivity contribution in [2.24, 2.45) is 0 Å². The van der Waals surface area contributed by atoms with Crippen LogP contribution in [0.15, 0.2) is 66.7 Å². The number of imidazole rings is 1. The van der Waals surface area contributed by atoms with E-state index in [9.17, 15) is 10.1 Å². The Morgan fingerprint density at radius 1 is 1.03 bits per heavy atom. The summed E-state index contributed by atoms with van der Waals surface area (Å²) in [6, 6.07) is 23.6. The van der Waals surface area contributed by atoms with Gasteiger partial charge in [0.05, 0.1) is 34.8 Å². The van der Waals surface area contributed by atoms with Crippen molar-refractivity contribution in [2.45, 2.75) is 26.8 Å². The molecule has 5 heteroatoms. The molecule has 0 unspecified atom stereocenters. The Hall–Kier alpha value is -3.91. The Labute approximate surface area is 181 Å². The number of aryl methyl sites for hydroxylation is 1. The van der Waals surface area contributed by atoms with Gasteiger partial charge in [0.1, 0.15) is 5.82 Å². The highest BCUT2D eigenvalue weighted by Crippen LogP contribution is 2.26. The van der Waals surface area contributed by atoms with Gasteiger partial charge in [-0.05, 0) is 41.8 Å². The second-order valence-corrected chi connectivity index (χ2v) is 7.22. The van der Waals surface area contributed by atoms with Crippen molar-refractivity contribution in [3.05, 3.63) is 89.2 Å². The zero-order valence-electron chi connectivity index (χ0n) is 17.6. The van der Waals surface area contributed by atoms with E-state index in [0.717, 1.165) is 40.0 Å². The van der Waals surface area contributed by atoms with E-state index in [2.05, 4.69) is 29.7 Å². The maximum Gasteiger partial charge on any atom is 0.340 e. The van der Waals surface area contributed by atoms with E-state index in [0.29, 0.717) is 24.3 Å². The van der Waals surface area contributed by atoms with E-state index in [1.165, 1.54) is 0 Å². The lowest BCUT2D eigenvalue weighted by atomic mass is 9.99. The number of esters is 1. The number of para-hydroxylation sites is 1. The van der Waals surface area contributed by atoms with E-state index in [1.807, 2.05) is 48.5 Å². The van der Waals surface area contributed by atoms with Crippen LogP contribution in [0.1, 0.15) is 41.2 Å². The number of benzene rings is 3. The van der Waals surface area contributed by atoms with Crippen LogP contribution in [-0.4, -0.2) is 22.1 Å². The van der Waals surface area contributed by atoms with Gasteiger partial charge in [0.2, 0.25) is 0 Å². The van der Waals surface area contributed by atoms with Crippen LogP contribution < -0.4 is 0 Å². The van der Waals surface area contributed by atoms with Crippen LogP contribution in [0.2, 0.25) is 0 Å². The van der Waals surface area contributed by atoms with Gasteiger partial charge in [-0.3, -0.25) is 0 Å². The van der Waals surface area contributed by atoms with Gasteiger partial charge in [-0.25, -0.2) is 9.78 Å². The molecule has 4 rings (SSSR count). The first-order valence-corrected chi connectivity index (χ1v) is 10.4. The van der Waals surface area contributed by atoms with E-state index in [1.54, 1.807) is 13.0 Å². The molecule has 0 spiro atoms. The first-order valence-electron chi connectivity index (χ1n) is 10.4. The predicted molar refractivity (Wildman–Crippen MR) is 121 cm³/mol. The molecule has 0 N–H and O–H groups in total. The van der Waals surface area contributed by atoms with Gasteiger partial charge in [-0.15, -0.1) is 0 Å². The fraction of sp³-hybridized carbons (Fsp3) is 0.192. The molecule has 154 valence electrons. The summed E-state index contributed by atoms with van der Waals surface area (Å²) in [5.41, 5.74) is 5.79. The first-order chi connectivity index (χ1) is 15.2. The van der Waals surface area contributed by atoms with Gasteiger partial charge < -0.3 is 9.30 Å². The molecule has 0 bridgehead atoms. The fourth-order valence-corrected chi connectivity index (χ4v) is 3.85. The molecule has 0 aliphatic rings. The summed E-state index contributed by atoms with van der Waals surface area (Å²) in [5.74, 6) is 0.589. The largest absolute Gasteiger partial charge is 0.462 e.